The predicted molar refractivity (Wildman–Crippen MR) is 132 cm³/mol. The number of anilines is 1. The van der Waals surface area contributed by atoms with Crippen molar-refractivity contribution < 1.29 is 19.1 Å². The highest BCUT2D eigenvalue weighted by Crippen LogP contribution is 2.24. The van der Waals surface area contributed by atoms with Gasteiger partial charge in [0.15, 0.2) is 0 Å². The van der Waals surface area contributed by atoms with Crippen molar-refractivity contribution in [2.45, 2.75) is 27.7 Å². The molecule has 0 aliphatic rings. The van der Waals surface area contributed by atoms with Gasteiger partial charge in [-0.15, -0.1) is 0 Å². The molecule has 0 saturated heterocycles. The Hall–Kier alpha value is -3.91. The summed E-state index contributed by atoms with van der Waals surface area (Å²) in [6.45, 7) is 7.80. The third kappa shape index (κ3) is 5.71. The van der Waals surface area contributed by atoms with Gasteiger partial charge in [0.1, 0.15) is 0 Å². The van der Waals surface area contributed by atoms with Gasteiger partial charge < -0.3 is 14.6 Å². The second kappa shape index (κ2) is 10.8. The lowest BCUT2D eigenvalue weighted by atomic mass is 10.2. The van der Waals surface area contributed by atoms with Crippen LogP contribution in [0.5, 0.6) is 0 Å². The Balaban J connectivity index is 1.63. The van der Waals surface area contributed by atoms with Gasteiger partial charge in [-0.25, -0.2) is 10.2 Å². The molecule has 0 saturated carbocycles. The minimum atomic E-state index is -0.926. The molecule has 0 aliphatic heterocycles. The SMILES string of the molecule is CCOC(=O)c1ccc(NC(=O)C(=O)N/N=C\c2cc(C)n(-c3ccc(C)c(Cl)c3)c2C)cc1. The average Bonchev–Trinajstić information content (AvgIpc) is 3.09. The van der Waals surface area contributed by atoms with Gasteiger partial charge in [-0.1, -0.05) is 17.7 Å². The molecule has 1 aromatic heterocycles. The van der Waals surface area contributed by atoms with E-state index in [1.807, 2.05) is 49.6 Å². The van der Waals surface area contributed by atoms with Gasteiger partial charge in [-0.2, -0.15) is 5.10 Å². The molecule has 2 amide bonds. The van der Waals surface area contributed by atoms with Crippen LogP contribution >= 0.6 is 11.6 Å². The molecule has 0 aliphatic carbocycles. The van der Waals surface area contributed by atoms with E-state index in [1.54, 1.807) is 6.92 Å². The summed E-state index contributed by atoms with van der Waals surface area (Å²) in [5.74, 6) is -2.28. The molecule has 0 fully saturated rings. The van der Waals surface area contributed by atoms with E-state index >= 15 is 0 Å². The molecule has 2 aromatic carbocycles. The first-order chi connectivity index (χ1) is 16.2. The lowest BCUT2D eigenvalue weighted by Crippen LogP contribution is -2.32. The van der Waals surface area contributed by atoms with Gasteiger partial charge in [0.25, 0.3) is 0 Å². The van der Waals surface area contributed by atoms with E-state index in [-0.39, 0.29) is 6.61 Å². The lowest BCUT2D eigenvalue weighted by Gasteiger charge is -2.11. The summed E-state index contributed by atoms with van der Waals surface area (Å²) in [7, 11) is 0. The number of rotatable bonds is 6. The topological polar surface area (TPSA) is 102 Å². The summed E-state index contributed by atoms with van der Waals surface area (Å²) in [5.41, 5.74) is 7.49. The smallest absolute Gasteiger partial charge is 0.338 e. The summed E-state index contributed by atoms with van der Waals surface area (Å²) in [6, 6.07) is 13.8. The van der Waals surface area contributed by atoms with Crippen LogP contribution in [-0.4, -0.2) is 35.2 Å². The Morgan fingerprint density at radius 3 is 2.38 bits per heavy atom. The van der Waals surface area contributed by atoms with E-state index in [0.29, 0.717) is 16.3 Å². The fraction of sp³-hybridized carbons (Fsp3) is 0.200. The van der Waals surface area contributed by atoms with Crippen LogP contribution in [0, 0.1) is 20.8 Å². The molecule has 34 heavy (non-hydrogen) atoms. The highest BCUT2D eigenvalue weighted by molar-refractivity contribution is 6.39. The zero-order chi connectivity index (χ0) is 24.8. The van der Waals surface area contributed by atoms with Crippen molar-refractivity contribution in [1.82, 2.24) is 9.99 Å². The fourth-order valence-corrected chi connectivity index (χ4v) is 3.51. The third-order valence-electron chi connectivity index (χ3n) is 5.11. The van der Waals surface area contributed by atoms with Gasteiger partial charge in [0.05, 0.1) is 18.4 Å². The first kappa shape index (κ1) is 24.7. The minimum absolute atomic E-state index is 0.266. The molecule has 0 radical (unpaired) electrons. The number of ether oxygens (including phenoxy) is 1. The summed E-state index contributed by atoms with van der Waals surface area (Å²) in [6.07, 6.45) is 1.48. The second-order valence-electron chi connectivity index (χ2n) is 7.55. The maximum Gasteiger partial charge on any atom is 0.338 e. The summed E-state index contributed by atoms with van der Waals surface area (Å²) >= 11 is 6.27. The number of amides is 2. The number of hydrazone groups is 1. The fourth-order valence-electron chi connectivity index (χ4n) is 3.34. The first-order valence-electron chi connectivity index (χ1n) is 10.6. The van der Waals surface area contributed by atoms with Crippen molar-refractivity contribution in [3.63, 3.8) is 0 Å². The van der Waals surface area contributed by atoms with Crippen LogP contribution in [0.3, 0.4) is 0 Å². The lowest BCUT2D eigenvalue weighted by molar-refractivity contribution is -0.136. The van der Waals surface area contributed by atoms with E-state index in [0.717, 1.165) is 28.2 Å². The first-order valence-corrected chi connectivity index (χ1v) is 11.0. The van der Waals surface area contributed by atoms with Crippen LogP contribution in [0.4, 0.5) is 5.69 Å². The van der Waals surface area contributed by atoms with E-state index in [1.165, 1.54) is 30.5 Å². The van der Waals surface area contributed by atoms with Crippen molar-refractivity contribution >= 4 is 41.3 Å². The predicted octanol–water partition coefficient (Wildman–Crippen LogP) is 4.32. The number of aryl methyl sites for hydroxylation is 2. The largest absolute Gasteiger partial charge is 0.462 e. The van der Waals surface area contributed by atoms with Crippen LogP contribution in [-0.2, 0) is 14.3 Å². The zero-order valence-electron chi connectivity index (χ0n) is 19.3. The van der Waals surface area contributed by atoms with Crippen LogP contribution in [0.25, 0.3) is 5.69 Å². The van der Waals surface area contributed by atoms with E-state index in [9.17, 15) is 14.4 Å². The van der Waals surface area contributed by atoms with E-state index < -0.39 is 17.8 Å². The molecule has 9 heteroatoms. The van der Waals surface area contributed by atoms with E-state index in [4.69, 9.17) is 16.3 Å². The Labute approximate surface area is 202 Å². The number of halogens is 1. The number of nitrogens with one attached hydrogen (secondary N) is 2. The van der Waals surface area contributed by atoms with Crippen LogP contribution in [0.1, 0.15) is 39.8 Å². The minimum Gasteiger partial charge on any atom is -0.462 e. The van der Waals surface area contributed by atoms with Crippen molar-refractivity contribution in [3.8, 4) is 5.69 Å². The standard InChI is InChI=1S/C25H25ClN4O4/c1-5-34-25(33)18-7-9-20(10-8-18)28-23(31)24(32)29-27-14-19-12-16(3)30(17(19)4)21-11-6-15(2)22(26)13-21/h6-14H,5H2,1-4H3,(H,28,31)(H,29,32)/b27-14-. The molecule has 2 N–H and O–H groups in total. The van der Waals surface area contributed by atoms with Crippen molar-refractivity contribution in [2.75, 3.05) is 11.9 Å². The summed E-state index contributed by atoms with van der Waals surface area (Å²) in [5, 5.41) is 7.04. The zero-order valence-corrected chi connectivity index (χ0v) is 20.1. The van der Waals surface area contributed by atoms with Gasteiger partial charge in [0, 0.05) is 33.3 Å². The number of carbonyl (C=O) groups is 3. The highest BCUT2D eigenvalue weighted by atomic mass is 35.5. The molecule has 3 aromatic rings. The number of hydrogen-bond acceptors (Lipinski definition) is 5. The molecular formula is C25H25ClN4O4. The Morgan fingerprint density at radius 1 is 1.03 bits per heavy atom. The molecular weight excluding hydrogens is 456 g/mol. The third-order valence-corrected chi connectivity index (χ3v) is 5.52. The van der Waals surface area contributed by atoms with Gasteiger partial charge in [-0.3, -0.25) is 9.59 Å². The normalized spacial score (nSPS) is 10.9. The number of aromatic nitrogens is 1. The van der Waals surface area contributed by atoms with Gasteiger partial charge >= 0.3 is 17.8 Å². The monoisotopic (exact) mass is 480 g/mol. The van der Waals surface area contributed by atoms with Crippen LogP contribution < -0.4 is 10.7 Å². The molecule has 0 atom stereocenters. The van der Waals surface area contributed by atoms with Crippen LogP contribution in [0.2, 0.25) is 5.02 Å². The Bertz CT molecular complexity index is 1260. The maximum absolute atomic E-state index is 12.1. The maximum atomic E-state index is 12.1. The summed E-state index contributed by atoms with van der Waals surface area (Å²) in [4.78, 5) is 35.9. The molecule has 0 unspecified atom stereocenters. The number of carbonyl (C=O) groups excluding carboxylic acids is 3. The average molecular weight is 481 g/mol. The van der Waals surface area contributed by atoms with Gasteiger partial charge in [0.2, 0.25) is 0 Å². The van der Waals surface area contributed by atoms with Crippen molar-refractivity contribution in [2.24, 2.45) is 5.10 Å². The van der Waals surface area contributed by atoms with E-state index in [2.05, 4.69) is 15.8 Å². The Morgan fingerprint density at radius 2 is 1.74 bits per heavy atom. The number of hydrogen-bond donors (Lipinski definition) is 2. The van der Waals surface area contributed by atoms with Crippen molar-refractivity contribution in [3.05, 3.63) is 81.6 Å². The number of nitrogens with zero attached hydrogens (tertiary/aromatic N) is 2. The molecule has 0 spiro atoms. The summed E-state index contributed by atoms with van der Waals surface area (Å²) < 4.78 is 6.94. The van der Waals surface area contributed by atoms with Crippen LogP contribution in [0.15, 0.2) is 53.6 Å². The van der Waals surface area contributed by atoms with Crippen molar-refractivity contribution in [1.29, 1.82) is 0 Å². The Kier molecular flexibility index (Phi) is 7.86. The molecule has 176 valence electrons. The molecule has 3 rings (SSSR count). The highest BCUT2D eigenvalue weighted by Gasteiger charge is 2.14. The number of esters is 1. The molecule has 8 nitrogen and oxygen atoms in total. The quantitative estimate of drug-likeness (QED) is 0.237. The number of benzene rings is 2. The molecule has 1 heterocycles. The van der Waals surface area contributed by atoms with Gasteiger partial charge in [-0.05, 0) is 75.7 Å². The second-order valence-corrected chi connectivity index (χ2v) is 7.95. The molecule has 0 bridgehead atoms.